The van der Waals surface area contributed by atoms with Crippen molar-refractivity contribution in [2.24, 2.45) is 0 Å². The van der Waals surface area contributed by atoms with Crippen LogP contribution in [-0.2, 0) is 14.3 Å². The lowest BCUT2D eigenvalue weighted by molar-refractivity contribution is -0.140. The average molecular weight is 215 g/mol. The van der Waals surface area contributed by atoms with E-state index in [-0.39, 0.29) is 5.97 Å². The van der Waals surface area contributed by atoms with Gasteiger partial charge in [0.15, 0.2) is 0 Å². The van der Waals surface area contributed by atoms with E-state index in [9.17, 15) is 4.79 Å². The van der Waals surface area contributed by atoms with Crippen molar-refractivity contribution in [1.29, 1.82) is 0 Å². The van der Waals surface area contributed by atoms with Crippen LogP contribution in [0.2, 0.25) is 0 Å². The van der Waals surface area contributed by atoms with E-state index in [1.807, 2.05) is 0 Å². The Bertz CT molecular complexity index is 179. The molecule has 1 saturated heterocycles. The molecule has 0 saturated carbocycles. The second-order valence-electron chi connectivity index (χ2n) is 3.87. The topological polar surface area (TPSA) is 47.6 Å². The summed E-state index contributed by atoms with van der Waals surface area (Å²) in [5.74, 6) is -0.115. The van der Waals surface area contributed by atoms with E-state index in [0.29, 0.717) is 12.5 Å². The summed E-state index contributed by atoms with van der Waals surface area (Å²) >= 11 is 0. The maximum absolute atomic E-state index is 10.8. The van der Waals surface area contributed by atoms with Gasteiger partial charge in [0.05, 0.1) is 13.2 Å². The monoisotopic (exact) mass is 215 g/mol. The molecule has 0 unspecified atom stereocenters. The number of esters is 1. The minimum atomic E-state index is -0.115. The number of hydrogen-bond donors (Lipinski definition) is 1. The second-order valence-corrected chi connectivity index (χ2v) is 3.87. The molecule has 1 heterocycles. The first-order valence-electron chi connectivity index (χ1n) is 5.72. The number of carbonyl (C=O) groups excluding carboxylic acids is 1. The van der Waals surface area contributed by atoms with Gasteiger partial charge in [-0.05, 0) is 25.8 Å². The van der Waals surface area contributed by atoms with Crippen molar-refractivity contribution < 1.29 is 14.3 Å². The molecule has 0 bridgehead atoms. The summed E-state index contributed by atoms with van der Waals surface area (Å²) in [5, 5.41) is 3.26. The van der Waals surface area contributed by atoms with Crippen molar-refractivity contribution in [2.45, 2.75) is 38.2 Å². The number of methoxy groups -OCH3 is 1. The van der Waals surface area contributed by atoms with E-state index in [1.165, 1.54) is 7.11 Å². The van der Waals surface area contributed by atoms with Crippen molar-refractivity contribution in [3.8, 4) is 0 Å². The third-order valence-corrected chi connectivity index (χ3v) is 2.62. The fourth-order valence-electron chi connectivity index (χ4n) is 1.67. The van der Waals surface area contributed by atoms with Crippen LogP contribution in [0.5, 0.6) is 0 Å². The lowest BCUT2D eigenvalue weighted by Gasteiger charge is -2.09. The number of carbonyl (C=O) groups is 1. The molecular formula is C11H21NO3. The summed E-state index contributed by atoms with van der Waals surface area (Å²) in [7, 11) is 1.43. The molecule has 88 valence electrons. The molecule has 1 aliphatic rings. The molecule has 1 aliphatic heterocycles. The van der Waals surface area contributed by atoms with Crippen molar-refractivity contribution in [3.63, 3.8) is 0 Å². The van der Waals surface area contributed by atoms with Crippen LogP contribution in [-0.4, -0.2) is 38.9 Å². The van der Waals surface area contributed by atoms with Crippen LogP contribution in [0.1, 0.15) is 32.1 Å². The largest absolute Gasteiger partial charge is 0.469 e. The first kappa shape index (κ1) is 12.5. The third kappa shape index (κ3) is 5.74. The summed E-state index contributed by atoms with van der Waals surface area (Å²) in [6.45, 7) is 2.88. The van der Waals surface area contributed by atoms with Crippen molar-refractivity contribution in [2.75, 3.05) is 26.8 Å². The van der Waals surface area contributed by atoms with E-state index in [1.54, 1.807) is 0 Å². The van der Waals surface area contributed by atoms with E-state index in [4.69, 9.17) is 4.74 Å². The molecule has 4 heteroatoms. The molecule has 1 rings (SSSR count). The molecule has 1 atom stereocenters. The Morgan fingerprint density at radius 2 is 2.27 bits per heavy atom. The van der Waals surface area contributed by atoms with Crippen molar-refractivity contribution >= 4 is 5.97 Å². The third-order valence-electron chi connectivity index (χ3n) is 2.62. The highest BCUT2D eigenvalue weighted by atomic mass is 16.5. The van der Waals surface area contributed by atoms with Crippen LogP contribution in [0.4, 0.5) is 0 Å². The SMILES string of the molecule is COC(=O)CCCCCO[C@@H]1CCNC1. The highest BCUT2D eigenvalue weighted by Gasteiger charge is 2.13. The van der Waals surface area contributed by atoms with Crippen molar-refractivity contribution in [3.05, 3.63) is 0 Å². The van der Waals surface area contributed by atoms with Crippen molar-refractivity contribution in [1.82, 2.24) is 5.32 Å². The number of rotatable bonds is 7. The molecule has 0 aromatic rings. The average Bonchev–Trinajstić information content (AvgIpc) is 2.75. The molecule has 0 aromatic heterocycles. The van der Waals surface area contributed by atoms with Gasteiger partial charge < -0.3 is 14.8 Å². The lowest BCUT2D eigenvalue weighted by atomic mass is 10.2. The summed E-state index contributed by atoms with van der Waals surface area (Å²) in [4.78, 5) is 10.8. The number of ether oxygens (including phenoxy) is 2. The van der Waals surface area contributed by atoms with E-state index < -0.39 is 0 Å². The summed E-state index contributed by atoms with van der Waals surface area (Å²) < 4.78 is 10.2. The summed E-state index contributed by atoms with van der Waals surface area (Å²) in [6.07, 6.45) is 5.04. The minimum absolute atomic E-state index is 0.115. The summed E-state index contributed by atoms with van der Waals surface area (Å²) in [5.41, 5.74) is 0. The first-order chi connectivity index (χ1) is 7.33. The molecule has 0 amide bonds. The maximum atomic E-state index is 10.8. The zero-order valence-corrected chi connectivity index (χ0v) is 9.46. The fourth-order valence-corrected chi connectivity index (χ4v) is 1.67. The smallest absolute Gasteiger partial charge is 0.305 e. The molecule has 0 aromatic carbocycles. The van der Waals surface area contributed by atoms with Gasteiger partial charge in [-0.3, -0.25) is 4.79 Å². The zero-order valence-electron chi connectivity index (χ0n) is 9.46. The van der Waals surface area contributed by atoms with Gasteiger partial charge in [0, 0.05) is 19.6 Å². The fraction of sp³-hybridized carbons (Fsp3) is 0.909. The van der Waals surface area contributed by atoms with Gasteiger partial charge in [-0.1, -0.05) is 6.42 Å². The second kappa shape index (κ2) is 7.65. The highest BCUT2D eigenvalue weighted by molar-refractivity contribution is 5.68. The number of hydrogen-bond acceptors (Lipinski definition) is 4. The minimum Gasteiger partial charge on any atom is -0.469 e. The number of unbranched alkanes of at least 4 members (excludes halogenated alkanes) is 2. The van der Waals surface area contributed by atoms with E-state index in [2.05, 4.69) is 10.1 Å². The maximum Gasteiger partial charge on any atom is 0.305 e. The molecule has 1 N–H and O–H groups in total. The van der Waals surface area contributed by atoms with Gasteiger partial charge in [-0.15, -0.1) is 0 Å². The molecule has 4 nitrogen and oxygen atoms in total. The van der Waals surface area contributed by atoms with Crippen LogP contribution < -0.4 is 5.32 Å². The Balaban J connectivity index is 1.82. The van der Waals surface area contributed by atoms with Crippen LogP contribution in [0, 0.1) is 0 Å². The normalized spacial score (nSPS) is 20.5. The number of nitrogens with one attached hydrogen (secondary N) is 1. The molecular weight excluding hydrogens is 194 g/mol. The van der Waals surface area contributed by atoms with Crippen LogP contribution in [0.3, 0.4) is 0 Å². The highest BCUT2D eigenvalue weighted by Crippen LogP contribution is 2.06. The van der Waals surface area contributed by atoms with Gasteiger partial charge in [0.2, 0.25) is 0 Å². The predicted octanol–water partition coefficient (Wildman–Crippen LogP) is 1.10. The summed E-state index contributed by atoms with van der Waals surface area (Å²) in [6, 6.07) is 0. The Morgan fingerprint density at radius 3 is 2.93 bits per heavy atom. The Morgan fingerprint density at radius 1 is 1.40 bits per heavy atom. The molecule has 15 heavy (non-hydrogen) atoms. The predicted molar refractivity (Wildman–Crippen MR) is 57.7 cm³/mol. The quantitative estimate of drug-likeness (QED) is 0.510. The Kier molecular flexibility index (Phi) is 6.36. The standard InChI is InChI=1S/C11H21NO3/c1-14-11(13)5-3-2-4-8-15-10-6-7-12-9-10/h10,12H,2-9H2,1H3/t10-/m1/s1. The van der Waals surface area contributed by atoms with Gasteiger partial charge in [-0.25, -0.2) is 0 Å². The van der Waals surface area contributed by atoms with Gasteiger partial charge in [0.1, 0.15) is 0 Å². The molecule has 0 aliphatic carbocycles. The van der Waals surface area contributed by atoms with E-state index in [0.717, 1.165) is 45.4 Å². The molecule has 0 spiro atoms. The zero-order chi connectivity index (χ0) is 10.9. The van der Waals surface area contributed by atoms with Gasteiger partial charge >= 0.3 is 5.97 Å². The lowest BCUT2D eigenvalue weighted by Crippen LogP contribution is -2.17. The molecule has 1 fully saturated rings. The van der Waals surface area contributed by atoms with Gasteiger partial charge in [-0.2, -0.15) is 0 Å². The van der Waals surface area contributed by atoms with Crippen LogP contribution in [0.25, 0.3) is 0 Å². The molecule has 0 radical (unpaired) electrons. The Hall–Kier alpha value is -0.610. The Labute approximate surface area is 91.3 Å². The first-order valence-corrected chi connectivity index (χ1v) is 5.72. The van der Waals surface area contributed by atoms with E-state index >= 15 is 0 Å². The van der Waals surface area contributed by atoms with Gasteiger partial charge in [0.25, 0.3) is 0 Å². The van der Waals surface area contributed by atoms with Crippen LogP contribution in [0.15, 0.2) is 0 Å². The van der Waals surface area contributed by atoms with Crippen LogP contribution >= 0.6 is 0 Å².